The zero-order valence-corrected chi connectivity index (χ0v) is 10.6. The summed E-state index contributed by atoms with van der Waals surface area (Å²) in [5.41, 5.74) is 9.13. The second-order valence-corrected chi connectivity index (χ2v) is 4.46. The smallest absolute Gasteiger partial charge is 0.128 e. The molecule has 0 radical (unpaired) electrons. The summed E-state index contributed by atoms with van der Waals surface area (Å²) in [6, 6.07) is 12.4. The fourth-order valence-electron chi connectivity index (χ4n) is 1.99. The van der Waals surface area contributed by atoms with Crippen LogP contribution in [-0.4, -0.2) is 0 Å². The van der Waals surface area contributed by atoms with Crippen molar-refractivity contribution in [1.82, 2.24) is 0 Å². The van der Waals surface area contributed by atoms with Gasteiger partial charge in [-0.15, -0.1) is 0 Å². The van der Waals surface area contributed by atoms with Crippen molar-refractivity contribution in [1.29, 1.82) is 0 Å². The van der Waals surface area contributed by atoms with Gasteiger partial charge < -0.3 is 11.1 Å². The van der Waals surface area contributed by atoms with Crippen LogP contribution in [0, 0.1) is 12.7 Å². The van der Waals surface area contributed by atoms with Gasteiger partial charge in [0.2, 0.25) is 0 Å². The minimum atomic E-state index is -0.189. The third-order valence-electron chi connectivity index (χ3n) is 2.99. The molecule has 2 nitrogen and oxygen atoms in total. The molecule has 3 heteroatoms. The normalized spacial score (nSPS) is 12.2. The highest BCUT2D eigenvalue weighted by atomic mass is 19.1. The lowest BCUT2D eigenvalue weighted by Crippen LogP contribution is -2.09. The number of aryl methyl sites for hydroxylation is 1. The van der Waals surface area contributed by atoms with Crippen molar-refractivity contribution in [3.63, 3.8) is 0 Å². The number of rotatable bonds is 3. The lowest BCUT2D eigenvalue weighted by atomic mass is 10.1. The van der Waals surface area contributed by atoms with E-state index >= 15 is 0 Å². The van der Waals surface area contributed by atoms with Gasteiger partial charge >= 0.3 is 0 Å². The van der Waals surface area contributed by atoms with Crippen molar-refractivity contribution in [3.05, 3.63) is 59.4 Å². The molecular weight excluding hydrogens is 227 g/mol. The number of hydrogen-bond acceptors (Lipinski definition) is 2. The molecule has 94 valence electrons. The van der Waals surface area contributed by atoms with Crippen LogP contribution in [0.5, 0.6) is 0 Å². The number of nitrogen functional groups attached to an aromatic ring is 1. The van der Waals surface area contributed by atoms with Crippen LogP contribution in [0.15, 0.2) is 42.5 Å². The largest absolute Gasteiger partial charge is 0.399 e. The number of hydrogen-bond donors (Lipinski definition) is 2. The van der Waals surface area contributed by atoms with Gasteiger partial charge in [-0.2, -0.15) is 0 Å². The minimum Gasteiger partial charge on any atom is -0.399 e. The van der Waals surface area contributed by atoms with Crippen LogP contribution in [0.2, 0.25) is 0 Å². The maximum Gasteiger partial charge on any atom is 0.128 e. The first-order valence-electron chi connectivity index (χ1n) is 5.95. The first kappa shape index (κ1) is 12.4. The Bertz CT molecular complexity index is 552. The van der Waals surface area contributed by atoms with Crippen molar-refractivity contribution in [2.24, 2.45) is 0 Å². The minimum absolute atomic E-state index is 0.0893. The van der Waals surface area contributed by atoms with Crippen molar-refractivity contribution in [2.45, 2.75) is 19.9 Å². The van der Waals surface area contributed by atoms with Crippen LogP contribution in [0.3, 0.4) is 0 Å². The van der Waals surface area contributed by atoms with Gasteiger partial charge in [0, 0.05) is 16.9 Å². The lowest BCUT2D eigenvalue weighted by Gasteiger charge is -2.18. The van der Waals surface area contributed by atoms with E-state index in [1.165, 1.54) is 6.07 Å². The average molecular weight is 244 g/mol. The molecular formula is C15H17FN2. The molecule has 0 saturated carbocycles. The highest BCUT2D eigenvalue weighted by Crippen LogP contribution is 2.24. The van der Waals surface area contributed by atoms with Crippen LogP contribution in [0.4, 0.5) is 15.8 Å². The summed E-state index contributed by atoms with van der Waals surface area (Å²) in [5.74, 6) is -0.189. The van der Waals surface area contributed by atoms with Crippen LogP contribution in [0.1, 0.15) is 24.1 Å². The molecule has 2 aromatic rings. The molecule has 18 heavy (non-hydrogen) atoms. The molecule has 0 saturated heterocycles. The van der Waals surface area contributed by atoms with Gasteiger partial charge in [-0.25, -0.2) is 4.39 Å². The number of anilines is 2. The Morgan fingerprint density at radius 3 is 2.56 bits per heavy atom. The predicted molar refractivity (Wildman–Crippen MR) is 74.0 cm³/mol. The molecule has 0 fully saturated rings. The molecule has 2 aromatic carbocycles. The van der Waals surface area contributed by atoms with E-state index in [1.807, 2.05) is 38.1 Å². The van der Waals surface area contributed by atoms with Crippen LogP contribution < -0.4 is 11.1 Å². The third kappa shape index (κ3) is 2.62. The second-order valence-electron chi connectivity index (χ2n) is 4.46. The molecule has 0 aliphatic carbocycles. The third-order valence-corrected chi connectivity index (χ3v) is 2.99. The maximum absolute atomic E-state index is 13.6. The topological polar surface area (TPSA) is 38.0 Å². The second kappa shape index (κ2) is 5.08. The van der Waals surface area contributed by atoms with E-state index < -0.39 is 0 Å². The van der Waals surface area contributed by atoms with Crippen molar-refractivity contribution in [3.8, 4) is 0 Å². The molecule has 0 bridgehead atoms. The van der Waals surface area contributed by atoms with E-state index in [0.717, 1.165) is 16.9 Å². The van der Waals surface area contributed by atoms with E-state index in [2.05, 4.69) is 5.32 Å². The average Bonchev–Trinajstić information content (AvgIpc) is 2.33. The summed E-state index contributed by atoms with van der Waals surface area (Å²) < 4.78 is 13.6. The Hall–Kier alpha value is -2.03. The van der Waals surface area contributed by atoms with Crippen molar-refractivity contribution in [2.75, 3.05) is 11.1 Å². The molecule has 0 heterocycles. The number of halogens is 1. The molecule has 1 atom stereocenters. The summed E-state index contributed by atoms with van der Waals surface area (Å²) in [7, 11) is 0. The molecule has 0 aromatic heterocycles. The van der Waals surface area contributed by atoms with Crippen LogP contribution >= 0.6 is 0 Å². The highest BCUT2D eigenvalue weighted by Gasteiger charge is 2.10. The van der Waals surface area contributed by atoms with Gasteiger partial charge in [-0.05, 0) is 43.7 Å². The molecule has 3 N–H and O–H groups in total. The standard InChI is InChI=1S/C15H17FN2/c1-10-9-12(17)7-8-15(10)18-11(2)13-5-3-4-6-14(13)16/h3-9,11,18H,17H2,1-2H3. The summed E-state index contributed by atoms with van der Waals surface area (Å²) in [4.78, 5) is 0. The SMILES string of the molecule is Cc1cc(N)ccc1NC(C)c1ccccc1F. The summed E-state index contributed by atoms with van der Waals surface area (Å²) >= 11 is 0. The zero-order chi connectivity index (χ0) is 13.1. The highest BCUT2D eigenvalue weighted by molar-refractivity contribution is 5.58. The van der Waals surface area contributed by atoms with Crippen LogP contribution in [0.25, 0.3) is 0 Å². The van der Waals surface area contributed by atoms with Crippen LogP contribution in [-0.2, 0) is 0 Å². The van der Waals surface area contributed by atoms with E-state index in [0.29, 0.717) is 5.56 Å². The van der Waals surface area contributed by atoms with Crippen molar-refractivity contribution >= 4 is 11.4 Å². The first-order valence-corrected chi connectivity index (χ1v) is 5.95. The fourth-order valence-corrected chi connectivity index (χ4v) is 1.99. The Morgan fingerprint density at radius 2 is 1.89 bits per heavy atom. The number of nitrogens with two attached hydrogens (primary N) is 1. The first-order chi connectivity index (χ1) is 8.58. The molecule has 0 aliphatic heterocycles. The molecule has 0 spiro atoms. The predicted octanol–water partition coefficient (Wildman–Crippen LogP) is 3.89. The number of benzene rings is 2. The van der Waals surface area contributed by atoms with Gasteiger partial charge in [0.15, 0.2) is 0 Å². The molecule has 0 amide bonds. The quantitative estimate of drug-likeness (QED) is 0.804. The maximum atomic E-state index is 13.6. The fraction of sp³-hybridized carbons (Fsp3) is 0.200. The lowest BCUT2D eigenvalue weighted by molar-refractivity contribution is 0.600. The van der Waals surface area contributed by atoms with Gasteiger partial charge in [-0.3, -0.25) is 0 Å². The van der Waals surface area contributed by atoms with Gasteiger partial charge in [-0.1, -0.05) is 18.2 Å². The summed E-state index contributed by atoms with van der Waals surface area (Å²) in [6.07, 6.45) is 0. The Morgan fingerprint density at radius 1 is 1.17 bits per heavy atom. The Kier molecular flexibility index (Phi) is 3.51. The zero-order valence-electron chi connectivity index (χ0n) is 10.6. The molecule has 2 rings (SSSR count). The van der Waals surface area contributed by atoms with E-state index in [9.17, 15) is 4.39 Å². The van der Waals surface area contributed by atoms with Gasteiger partial charge in [0.25, 0.3) is 0 Å². The summed E-state index contributed by atoms with van der Waals surface area (Å²) in [6.45, 7) is 3.92. The molecule has 1 unspecified atom stereocenters. The van der Waals surface area contributed by atoms with E-state index in [-0.39, 0.29) is 11.9 Å². The monoisotopic (exact) mass is 244 g/mol. The van der Waals surface area contributed by atoms with Gasteiger partial charge in [0.05, 0.1) is 6.04 Å². The number of nitrogens with one attached hydrogen (secondary N) is 1. The van der Waals surface area contributed by atoms with Crippen molar-refractivity contribution < 1.29 is 4.39 Å². The summed E-state index contributed by atoms with van der Waals surface area (Å²) in [5, 5.41) is 3.30. The van der Waals surface area contributed by atoms with Gasteiger partial charge in [0.1, 0.15) is 5.82 Å². The van der Waals surface area contributed by atoms with E-state index in [4.69, 9.17) is 5.73 Å². The Labute approximate surface area is 107 Å². The van der Waals surface area contributed by atoms with E-state index in [1.54, 1.807) is 12.1 Å². The molecule has 0 aliphatic rings. The Balaban J connectivity index is 2.21.